The summed E-state index contributed by atoms with van der Waals surface area (Å²) in [5.41, 5.74) is 7.87. The third-order valence-corrected chi connectivity index (χ3v) is 3.74. The van der Waals surface area contributed by atoms with Gasteiger partial charge in [0.15, 0.2) is 0 Å². The summed E-state index contributed by atoms with van der Waals surface area (Å²) in [5.74, 6) is 0.758. The number of methoxy groups -OCH3 is 1. The number of nitrogens with two attached hydrogens (primary N) is 1. The van der Waals surface area contributed by atoms with Crippen LogP contribution >= 0.6 is 0 Å². The first-order valence-electron chi connectivity index (χ1n) is 6.95. The van der Waals surface area contributed by atoms with E-state index in [1.54, 1.807) is 7.11 Å². The van der Waals surface area contributed by atoms with Crippen LogP contribution in [0, 0.1) is 0 Å². The molecule has 0 radical (unpaired) electrons. The molecule has 1 saturated carbocycles. The first-order valence-corrected chi connectivity index (χ1v) is 6.95. The summed E-state index contributed by atoms with van der Waals surface area (Å²) in [6, 6.07) is 6.71. The van der Waals surface area contributed by atoms with Crippen molar-refractivity contribution in [2.24, 2.45) is 0 Å². The van der Waals surface area contributed by atoms with E-state index in [2.05, 4.69) is 11.4 Å². The Morgan fingerprint density at radius 1 is 1.22 bits per heavy atom. The fourth-order valence-electron chi connectivity index (χ4n) is 2.64. The molecule has 0 atom stereocenters. The summed E-state index contributed by atoms with van der Waals surface area (Å²) in [6.45, 7) is 0.902. The number of rotatable bonds is 4. The highest BCUT2D eigenvalue weighted by Gasteiger charge is 2.11. The largest absolute Gasteiger partial charge is 0.495 e. The van der Waals surface area contributed by atoms with Crippen LogP contribution in [0.4, 0.5) is 5.69 Å². The Balaban J connectivity index is 1.87. The summed E-state index contributed by atoms with van der Waals surface area (Å²) in [7, 11) is 1.65. The Labute approximate surface area is 110 Å². The molecule has 0 heterocycles. The van der Waals surface area contributed by atoms with Gasteiger partial charge in [0.1, 0.15) is 5.75 Å². The van der Waals surface area contributed by atoms with Crippen molar-refractivity contribution in [2.75, 3.05) is 12.8 Å². The highest BCUT2D eigenvalue weighted by Crippen LogP contribution is 2.22. The Kier molecular flexibility index (Phi) is 4.88. The van der Waals surface area contributed by atoms with Crippen LogP contribution in [-0.2, 0) is 6.54 Å². The highest BCUT2D eigenvalue weighted by molar-refractivity contribution is 5.54. The molecule has 2 rings (SSSR count). The van der Waals surface area contributed by atoms with Crippen LogP contribution in [0.15, 0.2) is 18.2 Å². The number of nitrogens with one attached hydrogen (secondary N) is 1. The zero-order valence-corrected chi connectivity index (χ0v) is 11.2. The summed E-state index contributed by atoms with van der Waals surface area (Å²) >= 11 is 0. The van der Waals surface area contributed by atoms with Crippen molar-refractivity contribution in [3.8, 4) is 5.75 Å². The van der Waals surface area contributed by atoms with Gasteiger partial charge >= 0.3 is 0 Å². The summed E-state index contributed by atoms with van der Waals surface area (Å²) < 4.78 is 5.17. The molecule has 1 aliphatic carbocycles. The topological polar surface area (TPSA) is 47.3 Å². The molecular formula is C15H24N2O. The lowest BCUT2D eigenvalue weighted by atomic mass is 10.1. The van der Waals surface area contributed by atoms with E-state index in [1.165, 1.54) is 44.1 Å². The van der Waals surface area contributed by atoms with Crippen molar-refractivity contribution in [2.45, 2.75) is 51.1 Å². The molecule has 0 aromatic heterocycles. The van der Waals surface area contributed by atoms with E-state index >= 15 is 0 Å². The van der Waals surface area contributed by atoms with Crippen LogP contribution in [0.2, 0.25) is 0 Å². The Bertz CT molecular complexity index is 371. The van der Waals surface area contributed by atoms with Crippen LogP contribution in [0.5, 0.6) is 5.75 Å². The minimum absolute atomic E-state index is 0.677. The molecule has 0 saturated heterocycles. The van der Waals surface area contributed by atoms with E-state index in [0.29, 0.717) is 6.04 Å². The van der Waals surface area contributed by atoms with Gasteiger partial charge in [-0.15, -0.1) is 0 Å². The van der Waals surface area contributed by atoms with Gasteiger partial charge in [0.05, 0.1) is 12.8 Å². The second-order valence-corrected chi connectivity index (χ2v) is 5.15. The standard InChI is InChI=1S/C15H24N2O/c1-18-15-9-8-12(10-14(15)16)11-17-13-6-4-2-3-5-7-13/h8-10,13,17H,2-7,11,16H2,1H3. The van der Waals surface area contributed by atoms with Gasteiger partial charge in [0.2, 0.25) is 0 Å². The van der Waals surface area contributed by atoms with Gasteiger partial charge < -0.3 is 15.8 Å². The molecule has 3 nitrogen and oxygen atoms in total. The van der Waals surface area contributed by atoms with Crippen LogP contribution in [0.1, 0.15) is 44.1 Å². The molecule has 0 bridgehead atoms. The maximum Gasteiger partial charge on any atom is 0.141 e. The molecular weight excluding hydrogens is 224 g/mol. The number of anilines is 1. The molecule has 1 aromatic rings. The zero-order chi connectivity index (χ0) is 12.8. The van der Waals surface area contributed by atoms with E-state index < -0.39 is 0 Å². The predicted octanol–water partition coefficient (Wildman–Crippen LogP) is 3.09. The molecule has 3 N–H and O–H groups in total. The molecule has 1 aliphatic rings. The first-order chi connectivity index (χ1) is 8.79. The van der Waals surface area contributed by atoms with E-state index in [9.17, 15) is 0 Å². The molecule has 1 aromatic carbocycles. The molecule has 0 spiro atoms. The van der Waals surface area contributed by atoms with Crippen molar-refractivity contribution in [1.29, 1.82) is 0 Å². The maximum atomic E-state index is 5.91. The molecule has 18 heavy (non-hydrogen) atoms. The van der Waals surface area contributed by atoms with Gasteiger partial charge in [-0.3, -0.25) is 0 Å². The quantitative estimate of drug-likeness (QED) is 0.636. The van der Waals surface area contributed by atoms with Crippen molar-refractivity contribution in [3.63, 3.8) is 0 Å². The second-order valence-electron chi connectivity index (χ2n) is 5.15. The normalized spacial score (nSPS) is 17.4. The molecule has 1 fully saturated rings. The van der Waals surface area contributed by atoms with Crippen LogP contribution < -0.4 is 15.8 Å². The van der Waals surface area contributed by atoms with Crippen LogP contribution in [0.25, 0.3) is 0 Å². The SMILES string of the molecule is COc1ccc(CNC2CCCCCC2)cc1N. The highest BCUT2D eigenvalue weighted by atomic mass is 16.5. The van der Waals surface area contributed by atoms with Crippen molar-refractivity contribution < 1.29 is 4.74 Å². The van der Waals surface area contributed by atoms with Gasteiger partial charge in [0.25, 0.3) is 0 Å². The third-order valence-electron chi connectivity index (χ3n) is 3.74. The Morgan fingerprint density at radius 3 is 2.56 bits per heavy atom. The van der Waals surface area contributed by atoms with Crippen molar-refractivity contribution in [3.05, 3.63) is 23.8 Å². The number of benzene rings is 1. The number of ether oxygens (including phenoxy) is 1. The summed E-state index contributed by atoms with van der Waals surface area (Å²) in [4.78, 5) is 0. The molecule has 3 heteroatoms. The van der Waals surface area contributed by atoms with Crippen LogP contribution in [0.3, 0.4) is 0 Å². The molecule has 0 amide bonds. The predicted molar refractivity (Wildman–Crippen MR) is 75.7 cm³/mol. The lowest BCUT2D eigenvalue weighted by Gasteiger charge is -2.16. The minimum atomic E-state index is 0.677. The number of hydrogen-bond donors (Lipinski definition) is 2. The fraction of sp³-hybridized carbons (Fsp3) is 0.600. The number of hydrogen-bond acceptors (Lipinski definition) is 3. The monoisotopic (exact) mass is 248 g/mol. The molecule has 0 unspecified atom stereocenters. The lowest BCUT2D eigenvalue weighted by Crippen LogP contribution is -2.27. The maximum absolute atomic E-state index is 5.91. The third kappa shape index (κ3) is 3.64. The van der Waals surface area contributed by atoms with Gasteiger partial charge in [0, 0.05) is 12.6 Å². The fourth-order valence-corrected chi connectivity index (χ4v) is 2.64. The number of nitrogen functional groups attached to an aromatic ring is 1. The van der Waals surface area contributed by atoms with Gasteiger partial charge in [-0.25, -0.2) is 0 Å². The van der Waals surface area contributed by atoms with Crippen molar-refractivity contribution >= 4 is 5.69 Å². The van der Waals surface area contributed by atoms with E-state index in [4.69, 9.17) is 10.5 Å². The summed E-state index contributed by atoms with van der Waals surface area (Å²) in [5, 5.41) is 3.65. The summed E-state index contributed by atoms with van der Waals surface area (Å²) in [6.07, 6.45) is 8.14. The minimum Gasteiger partial charge on any atom is -0.495 e. The van der Waals surface area contributed by atoms with E-state index in [0.717, 1.165) is 18.0 Å². The molecule has 100 valence electrons. The van der Waals surface area contributed by atoms with Gasteiger partial charge in [-0.2, -0.15) is 0 Å². The zero-order valence-electron chi connectivity index (χ0n) is 11.2. The average Bonchev–Trinajstić information content (AvgIpc) is 2.65. The van der Waals surface area contributed by atoms with Crippen molar-refractivity contribution in [1.82, 2.24) is 5.32 Å². The second kappa shape index (κ2) is 6.64. The van der Waals surface area contributed by atoms with Gasteiger partial charge in [-0.05, 0) is 30.5 Å². The van der Waals surface area contributed by atoms with Crippen LogP contribution in [-0.4, -0.2) is 13.2 Å². The smallest absolute Gasteiger partial charge is 0.141 e. The molecule has 0 aliphatic heterocycles. The van der Waals surface area contributed by atoms with E-state index in [1.807, 2.05) is 12.1 Å². The lowest BCUT2D eigenvalue weighted by molar-refractivity contribution is 0.416. The first kappa shape index (κ1) is 13.2. The van der Waals surface area contributed by atoms with E-state index in [-0.39, 0.29) is 0 Å². The Morgan fingerprint density at radius 2 is 1.94 bits per heavy atom. The average molecular weight is 248 g/mol. The van der Waals surface area contributed by atoms with Gasteiger partial charge in [-0.1, -0.05) is 31.7 Å². The Hall–Kier alpha value is -1.22.